The topological polar surface area (TPSA) is 53.7 Å². The third-order valence-corrected chi connectivity index (χ3v) is 3.88. The molecule has 4 nitrogen and oxygen atoms in total. The zero-order valence-corrected chi connectivity index (χ0v) is 11.2. The third-order valence-electron chi connectivity index (χ3n) is 2.92. The summed E-state index contributed by atoms with van der Waals surface area (Å²) in [5.41, 5.74) is 5.67. The van der Waals surface area contributed by atoms with Crippen molar-refractivity contribution < 1.29 is 14.2 Å². The number of para-hydroxylation sites is 1. The number of rotatable bonds is 5. The predicted molar refractivity (Wildman–Crippen MR) is 73.9 cm³/mol. The average molecular weight is 277 g/mol. The summed E-state index contributed by atoms with van der Waals surface area (Å²) in [6.07, 6.45) is 0.728. The summed E-state index contributed by atoms with van der Waals surface area (Å²) in [4.78, 5) is 1.17. The molecule has 2 aromatic rings. The molecule has 0 aliphatic carbocycles. The van der Waals surface area contributed by atoms with Gasteiger partial charge in [-0.3, -0.25) is 0 Å². The lowest BCUT2D eigenvalue weighted by atomic mass is 10.2. The Bertz CT molecular complexity index is 542. The molecular weight excluding hydrogens is 262 g/mol. The van der Waals surface area contributed by atoms with Gasteiger partial charge in [0.05, 0.1) is 0 Å². The van der Waals surface area contributed by atoms with Crippen LogP contribution in [0.5, 0.6) is 17.2 Å². The van der Waals surface area contributed by atoms with Gasteiger partial charge in [0.1, 0.15) is 6.10 Å². The molecule has 0 fully saturated rings. The van der Waals surface area contributed by atoms with Crippen LogP contribution >= 0.6 is 11.3 Å². The minimum Gasteiger partial charge on any atom is -0.481 e. The lowest BCUT2D eigenvalue weighted by Crippen LogP contribution is -2.12. The Morgan fingerprint density at radius 1 is 1.26 bits per heavy atom. The van der Waals surface area contributed by atoms with Crippen LogP contribution in [-0.2, 0) is 0 Å². The lowest BCUT2D eigenvalue weighted by molar-refractivity contribution is 0.159. The second-order valence-corrected chi connectivity index (χ2v) is 5.17. The van der Waals surface area contributed by atoms with Crippen LogP contribution in [0.1, 0.15) is 17.4 Å². The highest BCUT2D eigenvalue weighted by molar-refractivity contribution is 7.10. The van der Waals surface area contributed by atoms with Crippen molar-refractivity contribution in [1.29, 1.82) is 0 Å². The van der Waals surface area contributed by atoms with Crippen molar-refractivity contribution >= 4 is 11.3 Å². The molecule has 0 amide bonds. The maximum atomic E-state index is 6.07. The van der Waals surface area contributed by atoms with E-state index in [1.165, 1.54) is 4.88 Å². The Morgan fingerprint density at radius 2 is 2.21 bits per heavy atom. The average Bonchev–Trinajstić information content (AvgIpc) is 3.10. The van der Waals surface area contributed by atoms with Gasteiger partial charge >= 0.3 is 0 Å². The van der Waals surface area contributed by atoms with Crippen LogP contribution in [0.2, 0.25) is 0 Å². The molecule has 0 saturated carbocycles. The van der Waals surface area contributed by atoms with E-state index >= 15 is 0 Å². The highest BCUT2D eigenvalue weighted by atomic mass is 32.1. The van der Waals surface area contributed by atoms with Crippen molar-refractivity contribution in [2.24, 2.45) is 5.73 Å². The van der Waals surface area contributed by atoms with Gasteiger partial charge in [-0.1, -0.05) is 12.1 Å². The molecule has 100 valence electrons. The number of fused-ring (bicyclic) bond motifs is 1. The quantitative estimate of drug-likeness (QED) is 0.913. The summed E-state index contributed by atoms with van der Waals surface area (Å²) in [5.74, 6) is 2.12. The van der Waals surface area contributed by atoms with Crippen LogP contribution in [0.3, 0.4) is 0 Å². The van der Waals surface area contributed by atoms with E-state index in [-0.39, 0.29) is 12.9 Å². The Kier molecular flexibility index (Phi) is 3.57. The van der Waals surface area contributed by atoms with Crippen LogP contribution in [0.25, 0.3) is 0 Å². The Labute approximate surface area is 115 Å². The number of hydrogen-bond donors (Lipinski definition) is 1. The van der Waals surface area contributed by atoms with E-state index in [4.69, 9.17) is 19.9 Å². The molecule has 1 atom stereocenters. The first-order chi connectivity index (χ1) is 9.38. The first kappa shape index (κ1) is 12.3. The minimum absolute atomic E-state index is 0.0410. The molecule has 0 bridgehead atoms. The van der Waals surface area contributed by atoms with Gasteiger partial charge in [0.2, 0.25) is 12.5 Å². The van der Waals surface area contributed by atoms with Gasteiger partial charge in [-0.15, -0.1) is 11.3 Å². The van der Waals surface area contributed by atoms with Crippen LogP contribution in [0.4, 0.5) is 0 Å². The fourth-order valence-corrected chi connectivity index (χ4v) is 2.82. The first-order valence-corrected chi connectivity index (χ1v) is 7.05. The smallest absolute Gasteiger partial charge is 0.231 e. The molecule has 0 spiro atoms. The monoisotopic (exact) mass is 277 g/mol. The van der Waals surface area contributed by atoms with E-state index in [0.717, 1.165) is 12.2 Å². The van der Waals surface area contributed by atoms with Crippen molar-refractivity contribution in [1.82, 2.24) is 0 Å². The fraction of sp³-hybridized carbons (Fsp3) is 0.286. The highest BCUT2D eigenvalue weighted by Gasteiger charge is 2.22. The molecule has 1 aliphatic heterocycles. The van der Waals surface area contributed by atoms with E-state index in [1.54, 1.807) is 11.3 Å². The second-order valence-electron chi connectivity index (χ2n) is 4.19. The Morgan fingerprint density at radius 3 is 3.00 bits per heavy atom. The summed E-state index contributed by atoms with van der Waals surface area (Å²) in [6.45, 7) is 0.825. The predicted octanol–water partition coefficient (Wildman–Crippen LogP) is 2.95. The van der Waals surface area contributed by atoms with Gasteiger partial charge in [0, 0.05) is 11.3 Å². The zero-order chi connectivity index (χ0) is 13.1. The van der Waals surface area contributed by atoms with Crippen molar-refractivity contribution in [3.05, 3.63) is 40.6 Å². The maximum Gasteiger partial charge on any atom is 0.231 e. The SMILES string of the molecule is NCC[C@H](Oc1cccc2c1OCO2)c1cccs1. The van der Waals surface area contributed by atoms with Gasteiger partial charge in [0.15, 0.2) is 11.5 Å². The highest BCUT2D eigenvalue weighted by Crippen LogP contribution is 2.42. The fourth-order valence-electron chi connectivity index (χ4n) is 2.03. The number of nitrogens with two attached hydrogens (primary N) is 1. The molecule has 0 unspecified atom stereocenters. The van der Waals surface area contributed by atoms with Crippen LogP contribution in [0.15, 0.2) is 35.7 Å². The van der Waals surface area contributed by atoms with Gasteiger partial charge in [-0.05, 0) is 30.1 Å². The number of hydrogen-bond acceptors (Lipinski definition) is 5. The lowest BCUT2D eigenvalue weighted by Gasteiger charge is -2.18. The number of thiophene rings is 1. The van der Waals surface area contributed by atoms with E-state index < -0.39 is 0 Å². The Hall–Kier alpha value is -1.72. The minimum atomic E-state index is -0.0410. The maximum absolute atomic E-state index is 6.07. The van der Waals surface area contributed by atoms with E-state index in [0.29, 0.717) is 18.0 Å². The summed E-state index contributed by atoms with van der Waals surface area (Å²) < 4.78 is 16.9. The standard InChI is InChI=1S/C14H15NO3S/c15-7-6-10(13-5-2-8-19-13)18-12-4-1-3-11-14(12)17-9-16-11/h1-5,8,10H,6-7,9,15H2/t10-/m0/s1. The third kappa shape index (κ3) is 2.52. The summed E-state index contributed by atoms with van der Waals surface area (Å²) >= 11 is 1.67. The molecule has 0 saturated heterocycles. The van der Waals surface area contributed by atoms with Crippen molar-refractivity contribution in [2.75, 3.05) is 13.3 Å². The number of benzene rings is 1. The summed E-state index contributed by atoms with van der Waals surface area (Å²) in [5, 5.41) is 2.04. The summed E-state index contributed by atoms with van der Waals surface area (Å²) in [6, 6.07) is 9.74. The normalized spacial score (nSPS) is 14.4. The zero-order valence-electron chi connectivity index (χ0n) is 10.4. The van der Waals surface area contributed by atoms with Crippen molar-refractivity contribution in [2.45, 2.75) is 12.5 Å². The van der Waals surface area contributed by atoms with E-state index in [2.05, 4.69) is 6.07 Å². The largest absolute Gasteiger partial charge is 0.481 e. The van der Waals surface area contributed by atoms with Crippen LogP contribution < -0.4 is 19.9 Å². The molecule has 5 heteroatoms. The van der Waals surface area contributed by atoms with Crippen LogP contribution in [0, 0.1) is 0 Å². The van der Waals surface area contributed by atoms with E-state index in [1.807, 2.05) is 29.6 Å². The second kappa shape index (κ2) is 5.50. The molecule has 2 heterocycles. The van der Waals surface area contributed by atoms with E-state index in [9.17, 15) is 0 Å². The molecule has 1 aliphatic rings. The van der Waals surface area contributed by atoms with Gasteiger partial charge in [0.25, 0.3) is 0 Å². The molecule has 0 radical (unpaired) electrons. The molecule has 1 aromatic heterocycles. The molecule has 2 N–H and O–H groups in total. The summed E-state index contributed by atoms with van der Waals surface area (Å²) in [7, 11) is 0. The van der Waals surface area contributed by atoms with Gasteiger partial charge in [-0.2, -0.15) is 0 Å². The molecular formula is C14H15NO3S. The first-order valence-electron chi connectivity index (χ1n) is 6.17. The van der Waals surface area contributed by atoms with Crippen molar-refractivity contribution in [3.63, 3.8) is 0 Å². The van der Waals surface area contributed by atoms with Crippen molar-refractivity contribution in [3.8, 4) is 17.2 Å². The molecule has 3 rings (SSSR count). The van der Waals surface area contributed by atoms with Gasteiger partial charge in [-0.25, -0.2) is 0 Å². The van der Waals surface area contributed by atoms with Crippen LogP contribution in [-0.4, -0.2) is 13.3 Å². The van der Waals surface area contributed by atoms with Gasteiger partial charge < -0.3 is 19.9 Å². The number of ether oxygens (including phenoxy) is 3. The Balaban J connectivity index is 1.84. The molecule has 1 aromatic carbocycles. The molecule has 19 heavy (non-hydrogen) atoms.